The summed E-state index contributed by atoms with van der Waals surface area (Å²) in [7, 11) is 0. The molecule has 1 heterocycles. The number of nitrogens with zero attached hydrogens (tertiary/aromatic N) is 3. The maximum Gasteiger partial charge on any atom is 0.325 e. The highest BCUT2D eigenvalue weighted by atomic mass is 19.1. The van der Waals surface area contributed by atoms with Gasteiger partial charge in [-0.15, -0.1) is 0 Å². The average molecular weight is 432 g/mol. The largest absolute Gasteiger partial charge is 0.337 e. The van der Waals surface area contributed by atoms with Crippen molar-refractivity contribution in [1.82, 2.24) is 9.80 Å². The fraction of sp³-hybridized carbons (Fsp3) is 0.231. The molecule has 1 fully saturated rings. The Kier molecular flexibility index (Phi) is 6.80. The number of urea groups is 1. The molecular formula is C26H26FN3O2. The van der Waals surface area contributed by atoms with Crippen LogP contribution in [0.3, 0.4) is 0 Å². The molecule has 0 saturated carbocycles. The quantitative estimate of drug-likeness (QED) is 0.533. The van der Waals surface area contributed by atoms with Crippen LogP contribution in [0.1, 0.15) is 11.1 Å². The molecule has 0 N–H and O–H groups in total. The summed E-state index contributed by atoms with van der Waals surface area (Å²) < 4.78 is 14.1. The van der Waals surface area contributed by atoms with Crippen molar-refractivity contribution in [2.24, 2.45) is 0 Å². The third kappa shape index (κ3) is 5.14. The van der Waals surface area contributed by atoms with Gasteiger partial charge in [0.15, 0.2) is 0 Å². The molecule has 1 saturated heterocycles. The van der Waals surface area contributed by atoms with E-state index in [-0.39, 0.29) is 24.2 Å². The summed E-state index contributed by atoms with van der Waals surface area (Å²) in [6.07, 6.45) is 0.731. The Hall–Kier alpha value is -3.67. The van der Waals surface area contributed by atoms with E-state index < -0.39 is 5.82 Å². The van der Waals surface area contributed by atoms with E-state index in [2.05, 4.69) is 0 Å². The predicted molar refractivity (Wildman–Crippen MR) is 123 cm³/mol. The van der Waals surface area contributed by atoms with E-state index in [1.807, 2.05) is 60.7 Å². The summed E-state index contributed by atoms with van der Waals surface area (Å²) in [6.45, 7) is 1.75. The fourth-order valence-corrected chi connectivity index (χ4v) is 3.89. The van der Waals surface area contributed by atoms with E-state index in [1.54, 1.807) is 23.1 Å². The minimum absolute atomic E-state index is 0.0224. The molecule has 0 aliphatic carbocycles. The summed E-state index contributed by atoms with van der Waals surface area (Å²) in [4.78, 5) is 30.8. The van der Waals surface area contributed by atoms with Crippen LogP contribution in [0, 0.1) is 5.82 Å². The van der Waals surface area contributed by atoms with E-state index >= 15 is 0 Å². The van der Waals surface area contributed by atoms with Crippen molar-refractivity contribution in [2.45, 2.75) is 13.0 Å². The van der Waals surface area contributed by atoms with Gasteiger partial charge in [0.05, 0.1) is 5.69 Å². The Labute approximate surface area is 187 Å². The van der Waals surface area contributed by atoms with Gasteiger partial charge in [0, 0.05) is 26.2 Å². The van der Waals surface area contributed by atoms with Crippen LogP contribution in [0.4, 0.5) is 14.9 Å². The van der Waals surface area contributed by atoms with Crippen molar-refractivity contribution in [3.05, 3.63) is 102 Å². The Balaban J connectivity index is 1.44. The molecule has 0 atom stereocenters. The summed E-state index contributed by atoms with van der Waals surface area (Å²) in [5.41, 5.74) is 2.44. The van der Waals surface area contributed by atoms with Crippen molar-refractivity contribution >= 4 is 17.6 Å². The molecule has 164 valence electrons. The molecule has 3 aromatic carbocycles. The van der Waals surface area contributed by atoms with Gasteiger partial charge in [0.25, 0.3) is 0 Å². The Morgan fingerprint density at radius 3 is 2.16 bits per heavy atom. The zero-order chi connectivity index (χ0) is 22.3. The zero-order valence-electron chi connectivity index (χ0n) is 17.9. The number of para-hydroxylation sites is 1. The topological polar surface area (TPSA) is 43.9 Å². The molecule has 32 heavy (non-hydrogen) atoms. The molecule has 5 nitrogen and oxygen atoms in total. The standard InChI is InChI=1S/C26H26FN3O2/c27-23-13-7-8-14-24(23)30-18-17-29(26(30)32)20-25(31)28(19-22-11-5-2-6-12-22)16-15-21-9-3-1-4-10-21/h1-14H,15-20H2. The number of carbonyl (C=O) groups excluding carboxylic acids is 2. The van der Waals surface area contributed by atoms with Crippen LogP contribution in [0.2, 0.25) is 0 Å². The van der Waals surface area contributed by atoms with Crippen molar-refractivity contribution in [1.29, 1.82) is 0 Å². The third-order valence-electron chi connectivity index (χ3n) is 5.65. The second kappa shape index (κ2) is 10.1. The third-order valence-corrected chi connectivity index (χ3v) is 5.65. The number of hydrogen-bond acceptors (Lipinski definition) is 2. The van der Waals surface area contributed by atoms with E-state index in [4.69, 9.17) is 0 Å². The lowest BCUT2D eigenvalue weighted by Gasteiger charge is -2.26. The smallest absolute Gasteiger partial charge is 0.325 e. The molecular weight excluding hydrogens is 405 g/mol. The van der Waals surface area contributed by atoms with E-state index in [0.29, 0.717) is 26.2 Å². The highest BCUT2D eigenvalue weighted by Crippen LogP contribution is 2.23. The zero-order valence-corrected chi connectivity index (χ0v) is 17.9. The molecule has 0 unspecified atom stereocenters. The molecule has 3 aromatic rings. The molecule has 0 bridgehead atoms. The molecule has 6 heteroatoms. The minimum Gasteiger partial charge on any atom is -0.337 e. The summed E-state index contributed by atoms with van der Waals surface area (Å²) in [5.74, 6) is -0.559. The SMILES string of the molecule is O=C(CN1CCN(c2ccccc2F)C1=O)N(CCc1ccccc1)Cc1ccccc1. The Bertz CT molecular complexity index is 1060. The molecule has 3 amide bonds. The Morgan fingerprint density at radius 2 is 1.47 bits per heavy atom. The summed E-state index contributed by atoms with van der Waals surface area (Å²) in [6, 6.07) is 25.7. The van der Waals surface area contributed by atoms with Gasteiger partial charge in [-0.3, -0.25) is 9.69 Å². The van der Waals surface area contributed by atoms with Crippen molar-refractivity contribution in [3.8, 4) is 0 Å². The molecule has 0 radical (unpaired) electrons. The number of hydrogen-bond donors (Lipinski definition) is 0. The maximum atomic E-state index is 14.1. The minimum atomic E-state index is -0.442. The summed E-state index contributed by atoms with van der Waals surface area (Å²) in [5, 5.41) is 0. The first-order valence-electron chi connectivity index (χ1n) is 10.8. The number of halogens is 1. The first-order valence-corrected chi connectivity index (χ1v) is 10.8. The van der Waals surface area contributed by atoms with Gasteiger partial charge in [0.1, 0.15) is 12.4 Å². The average Bonchev–Trinajstić information content (AvgIpc) is 3.18. The number of anilines is 1. The highest BCUT2D eigenvalue weighted by Gasteiger charge is 2.33. The van der Waals surface area contributed by atoms with Gasteiger partial charge in [0.2, 0.25) is 5.91 Å². The highest BCUT2D eigenvalue weighted by molar-refractivity contribution is 5.96. The molecule has 0 aromatic heterocycles. The number of amides is 3. The van der Waals surface area contributed by atoms with Crippen LogP contribution in [0.5, 0.6) is 0 Å². The number of rotatable bonds is 8. The fourth-order valence-electron chi connectivity index (χ4n) is 3.89. The van der Waals surface area contributed by atoms with E-state index in [9.17, 15) is 14.0 Å². The van der Waals surface area contributed by atoms with Gasteiger partial charge in [-0.1, -0.05) is 72.8 Å². The second-order valence-electron chi connectivity index (χ2n) is 7.84. The van der Waals surface area contributed by atoms with E-state index in [0.717, 1.165) is 17.5 Å². The lowest BCUT2D eigenvalue weighted by Crippen LogP contribution is -2.42. The van der Waals surface area contributed by atoms with Crippen molar-refractivity contribution in [2.75, 3.05) is 31.1 Å². The van der Waals surface area contributed by atoms with Gasteiger partial charge >= 0.3 is 6.03 Å². The van der Waals surface area contributed by atoms with Gasteiger partial charge in [-0.25, -0.2) is 9.18 Å². The van der Waals surface area contributed by atoms with Gasteiger partial charge in [-0.2, -0.15) is 0 Å². The molecule has 0 spiro atoms. The van der Waals surface area contributed by atoms with Crippen LogP contribution >= 0.6 is 0 Å². The van der Waals surface area contributed by atoms with Crippen LogP contribution in [0.25, 0.3) is 0 Å². The lowest BCUT2D eigenvalue weighted by atomic mass is 10.1. The number of carbonyl (C=O) groups is 2. The van der Waals surface area contributed by atoms with Crippen LogP contribution in [-0.4, -0.2) is 47.9 Å². The van der Waals surface area contributed by atoms with Gasteiger partial charge in [-0.05, 0) is 29.7 Å². The van der Waals surface area contributed by atoms with Crippen LogP contribution in [0.15, 0.2) is 84.9 Å². The van der Waals surface area contributed by atoms with E-state index in [1.165, 1.54) is 15.9 Å². The lowest BCUT2D eigenvalue weighted by molar-refractivity contribution is -0.132. The van der Waals surface area contributed by atoms with Gasteiger partial charge < -0.3 is 9.80 Å². The number of benzene rings is 3. The van der Waals surface area contributed by atoms with Crippen molar-refractivity contribution in [3.63, 3.8) is 0 Å². The normalized spacial score (nSPS) is 13.5. The van der Waals surface area contributed by atoms with Crippen molar-refractivity contribution < 1.29 is 14.0 Å². The molecule has 4 rings (SSSR count). The summed E-state index contributed by atoms with van der Waals surface area (Å²) >= 11 is 0. The van der Waals surface area contributed by atoms with Crippen LogP contribution < -0.4 is 4.90 Å². The maximum absolute atomic E-state index is 14.1. The molecule has 1 aliphatic heterocycles. The monoisotopic (exact) mass is 431 g/mol. The first kappa shape index (κ1) is 21.6. The predicted octanol–water partition coefficient (Wildman–Crippen LogP) is 4.34. The second-order valence-corrected chi connectivity index (χ2v) is 7.84. The Morgan fingerprint density at radius 1 is 0.844 bits per heavy atom. The first-order chi connectivity index (χ1) is 15.6. The molecule has 1 aliphatic rings. The van der Waals surface area contributed by atoms with Crippen LogP contribution in [-0.2, 0) is 17.8 Å².